The van der Waals surface area contributed by atoms with Gasteiger partial charge in [-0.25, -0.2) is 9.89 Å². The smallest absolute Gasteiger partial charge is 0.343 e. The van der Waals surface area contributed by atoms with Gasteiger partial charge in [-0.3, -0.25) is 9.36 Å². The zero-order valence-electron chi connectivity index (χ0n) is 14.1. The van der Waals surface area contributed by atoms with E-state index in [0.717, 1.165) is 5.56 Å². The van der Waals surface area contributed by atoms with Gasteiger partial charge in [0, 0.05) is 25.3 Å². The maximum absolute atomic E-state index is 12.2. The summed E-state index contributed by atoms with van der Waals surface area (Å²) in [5.74, 6) is 0.0239. The Bertz CT molecular complexity index is 762. The second-order valence-electron chi connectivity index (χ2n) is 5.44. The molecule has 0 spiro atoms. The summed E-state index contributed by atoms with van der Waals surface area (Å²) in [5, 5.41) is 10.4. The van der Waals surface area contributed by atoms with Crippen molar-refractivity contribution in [2.45, 2.75) is 31.1 Å². The maximum Gasteiger partial charge on any atom is 0.343 e. The molecule has 0 radical (unpaired) electrons. The van der Waals surface area contributed by atoms with E-state index in [4.69, 9.17) is 16.3 Å². The highest BCUT2D eigenvalue weighted by Gasteiger charge is 2.13. The zero-order chi connectivity index (χ0) is 18.2. The van der Waals surface area contributed by atoms with Crippen molar-refractivity contribution in [2.75, 3.05) is 19.5 Å². The van der Waals surface area contributed by atoms with E-state index < -0.39 is 0 Å². The Kier molecular flexibility index (Phi) is 7.54. The summed E-state index contributed by atoms with van der Waals surface area (Å²) in [6, 6.07) is 7.20. The predicted molar refractivity (Wildman–Crippen MR) is 98.1 cm³/mol. The number of nitrogens with one attached hydrogen (secondary N) is 2. The van der Waals surface area contributed by atoms with Crippen molar-refractivity contribution in [3.05, 3.63) is 45.3 Å². The second-order valence-corrected chi connectivity index (χ2v) is 6.82. The van der Waals surface area contributed by atoms with E-state index in [1.165, 1.54) is 16.3 Å². The van der Waals surface area contributed by atoms with Crippen molar-refractivity contribution in [1.29, 1.82) is 0 Å². The lowest BCUT2D eigenvalue weighted by Gasteiger charge is -2.14. The molecule has 0 aliphatic carbocycles. The van der Waals surface area contributed by atoms with Crippen LogP contribution >= 0.6 is 23.4 Å². The predicted octanol–water partition coefficient (Wildman–Crippen LogP) is 2.23. The normalized spacial score (nSPS) is 12.1. The Labute approximate surface area is 155 Å². The fourth-order valence-electron chi connectivity index (χ4n) is 2.25. The number of hydrogen-bond acceptors (Lipinski definition) is 5. The minimum atomic E-state index is -0.286. The van der Waals surface area contributed by atoms with Gasteiger partial charge in [0.15, 0.2) is 5.16 Å². The van der Waals surface area contributed by atoms with Gasteiger partial charge in [0.05, 0.1) is 11.8 Å². The van der Waals surface area contributed by atoms with Crippen molar-refractivity contribution in [1.82, 2.24) is 20.1 Å². The Morgan fingerprint density at radius 3 is 3.04 bits per heavy atom. The lowest BCUT2D eigenvalue weighted by molar-refractivity contribution is -0.119. The molecule has 1 aromatic heterocycles. The number of carbonyl (C=O) groups excluding carboxylic acids is 1. The first-order chi connectivity index (χ1) is 12.0. The number of aromatic amines is 1. The SMILES string of the molecule is COCCCn1c(SCC(=O)N[C@@H](C)c2cccc(Cl)c2)n[nH]c1=O. The monoisotopic (exact) mass is 384 g/mol. The summed E-state index contributed by atoms with van der Waals surface area (Å²) in [5.41, 5.74) is 0.647. The van der Waals surface area contributed by atoms with Gasteiger partial charge >= 0.3 is 5.69 Å². The fourth-order valence-corrected chi connectivity index (χ4v) is 3.23. The van der Waals surface area contributed by atoms with Gasteiger partial charge in [0.2, 0.25) is 5.91 Å². The van der Waals surface area contributed by atoms with Crippen LogP contribution in [0.2, 0.25) is 5.02 Å². The number of aromatic nitrogens is 3. The number of methoxy groups -OCH3 is 1. The Hall–Kier alpha value is -1.77. The molecule has 1 atom stereocenters. The maximum atomic E-state index is 12.2. The number of ether oxygens (including phenoxy) is 1. The van der Waals surface area contributed by atoms with Crippen LogP contribution in [0.4, 0.5) is 0 Å². The molecule has 136 valence electrons. The van der Waals surface area contributed by atoms with Crippen LogP contribution in [0, 0.1) is 0 Å². The summed E-state index contributed by atoms with van der Waals surface area (Å²) in [6.45, 7) is 2.94. The highest BCUT2D eigenvalue weighted by Crippen LogP contribution is 2.18. The minimum Gasteiger partial charge on any atom is -0.385 e. The summed E-state index contributed by atoms with van der Waals surface area (Å²) < 4.78 is 6.50. The summed E-state index contributed by atoms with van der Waals surface area (Å²) in [6.07, 6.45) is 0.696. The van der Waals surface area contributed by atoms with Crippen molar-refractivity contribution < 1.29 is 9.53 Å². The molecule has 0 bridgehead atoms. The van der Waals surface area contributed by atoms with Crippen LogP contribution in [0.1, 0.15) is 24.9 Å². The van der Waals surface area contributed by atoms with Crippen molar-refractivity contribution in [3.63, 3.8) is 0 Å². The molecular weight excluding hydrogens is 364 g/mol. The number of carbonyl (C=O) groups is 1. The van der Waals surface area contributed by atoms with Gasteiger partial charge in [-0.1, -0.05) is 35.5 Å². The number of H-pyrrole nitrogens is 1. The Balaban J connectivity index is 1.88. The second kappa shape index (κ2) is 9.65. The van der Waals surface area contributed by atoms with Crippen LogP contribution in [0.5, 0.6) is 0 Å². The molecule has 25 heavy (non-hydrogen) atoms. The highest BCUT2D eigenvalue weighted by molar-refractivity contribution is 7.99. The van der Waals surface area contributed by atoms with Crippen molar-refractivity contribution >= 4 is 29.3 Å². The molecule has 2 aromatic rings. The first kappa shape index (κ1) is 19.6. The number of thioether (sulfide) groups is 1. The fraction of sp³-hybridized carbons (Fsp3) is 0.438. The zero-order valence-corrected chi connectivity index (χ0v) is 15.7. The molecule has 1 amide bonds. The molecule has 0 saturated heterocycles. The molecule has 1 heterocycles. The third-order valence-electron chi connectivity index (χ3n) is 3.51. The van der Waals surface area contributed by atoms with E-state index in [2.05, 4.69) is 15.5 Å². The summed E-state index contributed by atoms with van der Waals surface area (Å²) in [4.78, 5) is 23.9. The van der Waals surface area contributed by atoms with Gasteiger partial charge < -0.3 is 10.1 Å². The van der Waals surface area contributed by atoms with Crippen LogP contribution in [-0.4, -0.2) is 40.1 Å². The van der Waals surface area contributed by atoms with Crippen LogP contribution < -0.4 is 11.0 Å². The van der Waals surface area contributed by atoms with Crippen LogP contribution in [-0.2, 0) is 16.1 Å². The van der Waals surface area contributed by atoms with Crippen LogP contribution in [0.25, 0.3) is 0 Å². The summed E-state index contributed by atoms with van der Waals surface area (Å²) >= 11 is 7.18. The third kappa shape index (κ3) is 5.91. The summed E-state index contributed by atoms with van der Waals surface area (Å²) in [7, 11) is 1.61. The number of halogens is 1. The first-order valence-electron chi connectivity index (χ1n) is 7.83. The lowest BCUT2D eigenvalue weighted by Crippen LogP contribution is -2.28. The van der Waals surface area contributed by atoms with Crippen molar-refractivity contribution in [2.24, 2.45) is 0 Å². The average Bonchev–Trinajstić information content (AvgIpc) is 2.93. The molecule has 9 heteroatoms. The number of hydrogen-bond donors (Lipinski definition) is 2. The van der Waals surface area contributed by atoms with Gasteiger partial charge in [-0.2, -0.15) is 0 Å². The van der Waals surface area contributed by atoms with E-state index in [-0.39, 0.29) is 23.4 Å². The highest BCUT2D eigenvalue weighted by atomic mass is 35.5. The molecule has 7 nitrogen and oxygen atoms in total. The minimum absolute atomic E-state index is 0.142. The third-order valence-corrected chi connectivity index (χ3v) is 4.72. The topological polar surface area (TPSA) is 89.0 Å². The average molecular weight is 385 g/mol. The molecule has 1 aromatic carbocycles. The standard InChI is InChI=1S/C16H21ClN4O3S/c1-11(12-5-3-6-13(17)9-12)18-14(22)10-25-16-20-19-15(23)21(16)7-4-8-24-2/h3,5-6,9,11H,4,7-8,10H2,1-2H3,(H,18,22)(H,19,23)/t11-/m0/s1. The number of rotatable bonds is 9. The quantitative estimate of drug-likeness (QED) is 0.511. The molecule has 2 rings (SSSR count). The Morgan fingerprint density at radius 1 is 1.52 bits per heavy atom. The lowest BCUT2D eigenvalue weighted by atomic mass is 10.1. The molecular formula is C16H21ClN4O3S. The van der Waals surface area contributed by atoms with Crippen LogP contribution in [0.15, 0.2) is 34.2 Å². The number of benzene rings is 1. The molecule has 0 fully saturated rings. The van der Waals surface area contributed by atoms with E-state index >= 15 is 0 Å². The van der Waals surface area contributed by atoms with E-state index in [1.54, 1.807) is 13.2 Å². The molecule has 2 N–H and O–H groups in total. The Morgan fingerprint density at radius 2 is 2.32 bits per heavy atom. The number of amides is 1. The van der Waals surface area contributed by atoms with Gasteiger partial charge in [-0.05, 0) is 31.0 Å². The van der Waals surface area contributed by atoms with Gasteiger partial charge in [-0.15, -0.1) is 5.10 Å². The van der Waals surface area contributed by atoms with E-state index in [1.807, 2.05) is 25.1 Å². The van der Waals surface area contributed by atoms with Gasteiger partial charge in [0.25, 0.3) is 0 Å². The first-order valence-corrected chi connectivity index (χ1v) is 9.19. The molecule has 0 aliphatic rings. The number of nitrogens with zero attached hydrogens (tertiary/aromatic N) is 2. The molecule has 0 unspecified atom stereocenters. The largest absolute Gasteiger partial charge is 0.385 e. The van der Waals surface area contributed by atoms with E-state index in [0.29, 0.717) is 29.8 Å². The van der Waals surface area contributed by atoms with E-state index in [9.17, 15) is 9.59 Å². The van der Waals surface area contributed by atoms with Crippen LogP contribution in [0.3, 0.4) is 0 Å². The van der Waals surface area contributed by atoms with Gasteiger partial charge in [0.1, 0.15) is 0 Å². The van der Waals surface area contributed by atoms with Crippen molar-refractivity contribution in [3.8, 4) is 0 Å². The molecule has 0 aliphatic heterocycles. The molecule has 0 saturated carbocycles.